The lowest BCUT2D eigenvalue weighted by Crippen LogP contribution is -1.98. The summed E-state index contributed by atoms with van der Waals surface area (Å²) in [5.41, 5.74) is 3.92. The number of hydrogen-bond acceptors (Lipinski definition) is 5. The summed E-state index contributed by atoms with van der Waals surface area (Å²) in [6.07, 6.45) is 5.04. The lowest BCUT2D eigenvalue weighted by Gasteiger charge is -2.12. The van der Waals surface area contributed by atoms with Crippen molar-refractivity contribution < 1.29 is 4.74 Å². The molecule has 0 bridgehead atoms. The van der Waals surface area contributed by atoms with Crippen molar-refractivity contribution in [3.63, 3.8) is 0 Å². The second-order valence-electron chi connectivity index (χ2n) is 5.39. The predicted octanol–water partition coefficient (Wildman–Crippen LogP) is 3.19. The van der Waals surface area contributed by atoms with Crippen molar-refractivity contribution in [2.24, 2.45) is 0 Å². The fraction of sp³-hybridized carbons (Fsp3) is 0.111. The number of aromatic nitrogens is 5. The molecule has 0 radical (unpaired) electrons. The molecule has 0 aliphatic heterocycles. The zero-order valence-electron chi connectivity index (χ0n) is 13.3. The van der Waals surface area contributed by atoms with Crippen molar-refractivity contribution in [1.29, 1.82) is 0 Å². The number of hydrogen-bond donors (Lipinski definition) is 0. The van der Waals surface area contributed by atoms with Crippen molar-refractivity contribution in [3.05, 3.63) is 60.9 Å². The van der Waals surface area contributed by atoms with Crippen LogP contribution in [0, 0.1) is 6.92 Å². The Bertz CT molecular complexity index is 1010. The lowest BCUT2D eigenvalue weighted by molar-refractivity contribution is 0.419. The first-order valence-electron chi connectivity index (χ1n) is 7.52. The van der Waals surface area contributed by atoms with Gasteiger partial charge >= 0.3 is 0 Å². The summed E-state index contributed by atoms with van der Waals surface area (Å²) in [6.45, 7) is 2.00. The van der Waals surface area contributed by atoms with Crippen LogP contribution in [0.25, 0.3) is 27.8 Å². The van der Waals surface area contributed by atoms with E-state index in [1.54, 1.807) is 30.5 Å². The second kappa shape index (κ2) is 5.73. The molecule has 3 heterocycles. The number of nitrogens with zero attached hydrogens (tertiary/aromatic N) is 5. The first kappa shape index (κ1) is 14.3. The van der Waals surface area contributed by atoms with E-state index in [1.165, 1.54) is 0 Å². The highest BCUT2D eigenvalue weighted by Crippen LogP contribution is 2.34. The molecule has 0 amide bonds. The minimum absolute atomic E-state index is 0.765. The molecule has 3 aromatic heterocycles. The van der Waals surface area contributed by atoms with Gasteiger partial charge < -0.3 is 4.74 Å². The fourth-order valence-electron chi connectivity index (χ4n) is 2.84. The molecule has 118 valence electrons. The lowest BCUT2D eigenvalue weighted by atomic mass is 9.99. The van der Waals surface area contributed by atoms with E-state index >= 15 is 0 Å². The molecule has 4 aromatic rings. The Balaban J connectivity index is 1.89. The molecule has 0 atom stereocenters. The minimum atomic E-state index is 0.765. The van der Waals surface area contributed by atoms with E-state index in [1.807, 2.05) is 37.3 Å². The maximum Gasteiger partial charge on any atom is 0.145 e. The summed E-state index contributed by atoms with van der Waals surface area (Å²) < 4.78 is 7.20. The highest BCUT2D eigenvalue weighted by Gasteiger charge is 2.12. The maximum atomic E-state index is 5.42. The molecule has 0 N–H and O–H groups in total. The zero-order valence-corrected chi connectivity index (χ0v) is 13.3. The van der Waals surface area contributed by atoms with E-state index in [9.17, 15) is 0 Å². The Labute approximate surface area is 138 Å². The normalized spacial score (nSPS) is 10.9. The van der Waals surface area contributed by atoms with Crippen LogP contribution in [0.3, 0.4) is 0 Å². The average Bonchev–Trinajstić information content (AvgIpc) is 3.16. The van der Waals surface area contributed by atoms with Gasteiger partial charge in [-0.2, -0.15) is 0 Å². The standard InChI is InChI=1S/C18H15N5O/c1-12-13(6-8-17(22-12)23-10-20-21-11-23)14-5-7-16(24-2)18-15(14)4-3-9-19-18/h3-11H,1-2H3. The molecule has 4 rings (SSSR count). The Hall–Kier alpha value is -3.28. The third kappa shape index (κ3) is 2.28. The van der Waals surface area contributed by atoms with Gasteiger partial charge in [0.15, 0.2) is 0 Å². The van der Waals surface area contributed by atoms with Gasteiger partial charge in [-0.3, -0.25) is 9.55 Å². The first-order valence-corrected chi connectivity index (χ1v) is 7.52. The Morgan fingerprint density at radius 2 is 1.75 bits per heavy atom. The highest BCUT2D eigenvalue weighted by atomic mass is 16.5. The van der Waals surface area contributed by atoms with Crippen LogP contribution in [-0.2, 0) is 0 Å². The molecular weight excluding hydrogens is 302 g/mol. The number of ether oxygens (including phenoxy) is 1. The maximum absolute atomic E-state index is 5.42. The van der Waals surface area contributed by atoms with E-state index in [2.05, 4.69) is 26.2 Å². The molecule has 0 unspecified atom stereocenters. The van der Waals surface area contributed by atoms with Gasteiger partial charge in [-0.1, -0.05) is 6.07 Å². The molecule has 0 aliphatic rings. The van der Waals surface area contributed by atoms with Crippen LogP contribution in [-0.4, -0.2) is 31.8 Å². The molecule has 6 nitrogen and oxygen atoms in total. The molecule has 0 fully saturated rings. The topological polar surface area (TPSA) is 65.7 Å². The molecule has 0 aliphatic carbocycles. The van der Waals surface area contributed by atoms with Crippen molar-refractivity contribution in [3.8, 4) is 22.7 Å². The SMILES string of the molecule is COc1ccc(-c2ccc(-n3cnnc3)nc2C)c2cccnc12. The van der Waals surface area contributed by atoms with Crippen LogP contribution in [0.15, 0.2) is 55.2 Å². The van der Waals surface area contributed by atoms with Crippen molar-refractivity contribution >= 4 is 10.9 Å². The molecule has 0 saturated carbocycles. The third-order valence-electron chi connectivity index (χ3n) is 4.00. The molecular formula is C18H15N5O. The van der Waals surface area contributed by atoms with Crippen molar-refractivity contribution in [1.82, 2.24) is 24.7 Å². The number of aryl methyl sites for hydroxylation is 1. The summed E-state index contributed by atoms with van der Waals surface area (Å²) >= 11 is 0. The first-order chi connectivity index (χ1) is 11.8. The Morgan fingerprint density at radius 3 is 2.50 bits per heavy atom. The Morgan fingerprint density at radius 1 is 0.958 bits per heavy atom. The zero-order chi connectivity index (χ0) is 16.5. The van der Waals surface area contributed by atoms with Gasteiger partial charge in [-0.15, -0.1) is 10.2 Å². The van der Waals surface area contributed by atoms with Crippen LogP contribution in [0.4, 0.5) is 0 Å². The van der Waals surface area contributed by atoms with Crippen LogP contribution in [0.2, 0.25) is 0 Å². The second-order valence-corrected chi connectivity index (χ2v) is 5.39. The number of pyridine rings is 2. The van der Waals surface area contributed by atoms with E-state index in [0.717, 1.165) is 39.3 Å². The van der Waals surface area contributed by atoms with Crippen LogP contribution < -0.4 is 4.74 Å². The fourth-order valence-corrected chi connectivity index (χ4v) is 2.84. The summed E-state index contributed by atoms with van der Waals surface area (Å²) in [4.78, 5) is 9.13. The minimum Gasteiger partial charge on any atom is -0.494 e. The summed E-state index contributed by atoms with van der Waals surface area (Å²) in [5, 5.41) is 8.68. The van der Waals surface area contributed by atoms with E-state index in [-0.39, 0.29) is 0 Å². The van der Waals surface area contributed by atoms with Crippen LogP contribution >= 0.6 is 0 Å². The quantitative estimate of drug-likeness (QED) is 0.580. The van der Waals surface area contributed by atoms with Crippen LogP contribution in [0.1, 0.15) is 5.69 Å². The van der Waals surface area contributed by atoms with Crippen molar-refractivity contribution in [2.75, 3.05) is 7.11 Å². The Kier molecular flexibility index (Phi) is 3.42. The highest BCUT2D eigenvalue weighted by molar-refractivity contribution is 5.98. The summed E-state index contributed by atoms with van der Waals surface area (Å²) in [7, 11) is 1.66. The molecule has 0 saturated heterocycles. The number of rotatable bonds is 3. The molecule has 0 spiro atoms. The van der Waals surface area contributed by atoms with Gasteiger partial charge in [0.1, 0.15) is 29.7 Å². The largest absolute Gasteiger partial charge is 0.494 e. The van der Waals surface area contributed by atoms with Crippen molar-refractivity contribution in [2.45, 2.75) is 6.92 Å². The summed E-state index contributed by atoms with van der Waals surface area (Å²) in [5.74, 6) is 1.55. The van der Waals surface area contributed by atoms with Gasteiger partial charge in [0.25, 0.3) is 0 Å². The van der Waals surface area contributed by atoms with E-state index in [4.69, 9.17) is 4.74 Å². The van der Waals surface area contributed by atoms with Gasteiger partial charge in [-0.25, -0.2) is 4.98 Å². The number of fused-ring (bicyclic) bond motifs is 1. The molecule has 24 heavy (non-hydrogen) atoms. The smallest absolute Gasteiger partial charge is 0.145 e. The number of methoxy groups -OCH3 is 1. The predicted molar refractivity (Wildman–Crippen MR) is 91.2 cm³/mol. The monoisotopic (exact) mass is 317 g/mol. The third-order valence-corrected chi connectivity index (χ3v) is 4.00. The van der Waals surface area contributed by atoms with Gasteiger partial charge in [0, 0.05) is 22.8 Å². The van der Waals surface area contributed by atoms with E-state index in [0.29, 0.717) is 0 Å². The van der Waals surface area contributed by atoms with Gasteiger partial charge in [0.2, 0.25) is 0 Å². The molecule has 1 aromatic carbocycles. The van der Waals surface area contributed by atoms with Gasteiger partial charge in [0.05, 0.1) is 7.11 Å². The summed E-state index contributed by atoms with van der Waals surface area (Å²) in [6, 6.07) is 12.0. The molecule has 6 heteroatoms. The van der Waals surface area contributed by atoms with Crippen LogP contribution in [0.5, 0.6) is 5.75 Å². The van der Waals surface area contributed by atoms with E-state index < -0.39 is 0 Å². The average molecular weight is 317 g/mol. The van der Waals surface area contributed by atoms with Gasteiger partial charge in [-0.05, 0) is 42.8 Å². The number of benzene rings is 1.